The number of carbonyl (C=O) groups is 2. The second kappa shape index (κ2) is 11.6. The maximum Gasteiger partial charge on any atom is 0.416 e. The summed E-state index contributed by atoms with van der Waals surface area (Å²) >= 11 is 0. The van der Waals surface area contributed by atoms with Crippen LogP contribution in [-0.2, 0) is 15.8 Å². The van der Waals surface area contributed by atoms with Crippen molar-refractivity contribution < 1.29 is 22.8 Å². The molecule has 36 heavy (non-hydrogen) atoms. The van der Waals surface area contributed by atoms with Gasteiger partial charge in [0.1, 0.15) is 0 Å². The number of nitriles is 1. The highest BCUT2D eigenvalue weighted by Gasteiger charge is 2.35. The fourth-order valence-corrected chi connectivity index (χ4v) is 4.07. The highest BCUT2D eigenvalue weighted by molar-refractivity contribution is 6.01. The van der Waals surface area contributed by atoms with Gasteiger partial charge in [-0.3, -0.25) is 9.59 Å². The van der Waals surface area contributed by atoms with Crippen LogP contribution in [0.25, 0.3) is 0 Å². The van der Waals surface area contributed by atoms with Gasteiger partial charge in [-0.25, -0.2) is 0 Å². The number of aryl methyl sites for hydroxylation is 2. The fraction of sp³-hybridized carbons (Fsp3) is 0.444. The molecule has 2 rings (SSSR count). The van der Waals surface area contributed by atoms with Gasteiger partial charge >= 0.3 is 6.18 Å². The third kappa shape index (κ3) is 6.85. The largest absolute Gasteiger partial charge is 0.416 e. The average Bonchev–Trinajstić information content (AvgIpc) is 2.80. The van der Waals surface area contributed by atoms with E-state index in [4.69, 9.17) is 5.26 Å². The molecule has 0 radical (unpaired) electrons. The van der Waals surface area contributed by atoms with Crippen LogP contribution in [0.2, 0.25) is 0 Å². The smallest absolute Gasteiger partial charge is 0.326 e. The summed E-state index contributed by atoms with van der Waals surface area (Å²) in [5.41, 5.74) is 1.16. The molecule has 0 aliphatic heterocycles. The summed E-state index contributed by atoms with van der Waals surface area (Å²) in [5, 5.41) is 11.7. The van der Waals surface area contributed by atoms with Crippen molar-refractivity contribution in [2.45, 2.75) is 46.8 Å². The van der Waals surface area contributed by atoms with Gasteiger partial charge in [0.15, 0.2) is 0 Å². The Morgan fingerprint density at radius 2 is 1.64 bits per heavy atom. The molecule has 9 heteroatoms. The van der Waals surface area contributed by atoms with E-state index in [-0.39, 0.29) is 29.7 Å². The predicted octanol–water partition coefficient (Wildman–Crippen LogP) is 5.39. The molecule has 194 valence electrons. The Hall–Kier alpha value is -3.38. The van der Waals surface area contributed by atoms with E-state index in [0.717, 1.165) is 28.9 Å². The fourth-order valence-electron chi connectivity index (χ4n) is 4.07. The van der Waals surface area contributed by atoms with Gasteiger partial charge in [0.05, 0.1) is 23.1 Å². The lowest BCUT2D eigenvalue weighted by Crippen LogP contribution is -2.45. The zero-order valence-corrected chi connectivity index (χ0v) is 21.7. The first kappa shape index (κ1) is 28.9. The van der Waals surface area contributed by atoms with Crippen LogP contribution >= 0.6 is 0 Å². The maximum absolute atomic E-state index is 13.5. The van der Waals surface area contributed by atoms with Crippen LogP contribution < -0.4 is 10.2 Å². The SMILES string of the molecule is Cc1cccc(C)c1N(C)C(=O)C(C)C(CN(C)C(C)C)C(=O)Nc1cc(C#N)cc(C(F)(F)F)c1. The lowest BCUT2D eigenvalue weighted by atomic mass is 9.90. The molecule has 2 amide bonds. The number of amides is 2. The van der Waals surface area contributed by atoms with Crippen LogP contribution in [0.1, 0.15) is 43.0 Å². The number of nitrogens with zero attached hydrogens (tertiary/aromatic N) is 3. The molecule has 0 aliphatic rings. The Morgan fingerprint density at radius 1 is 1.06 bits per heavy atom. The summed E-state index contributed by atoms with van der Waals surface area (Å²) in [5.74, 6) is -2.53. The Kier molecular flexibility index (Phi) is 9.27. The molecule has 6 nitrogen and oxygen atoms in total. The van der Waals surface area contributed by atoms with Gasteiger partial charge in [0, 0.05) is 36.9 Å². The zero-order chi connectivity index (χ0) is 27.4. The molecule has 0 saturated carbocycles. The number of carbonyl (C=O) groups excluding carboxylic acids is 2. The highest BCUT2D eigenvalue weighted by atomic mass is 19.4. The van der Waals surface area contributed by atoms with Gasteiger partial charge in [-0.15, -0.1) is 0 Å². The van der Waals surface area contributed by atoms with Gasteiger partial charge < -0.3 is 15.1 Å². The molecule has 0 bridgehead atoms. The van der Waals surface area contributed by atoms with Crippen molar-refractivity contribution in [3.8, 4) is 6.07 Å². The van der Waals surface area contributed by atoms with Crippen molar-refractivity contribution in [3.05, 3.63) is 58.7 Å². The Bertz CT molecular complexity index is 1130. The number of halogens is 3. The first-order valence-electron chi connectivity index (χ1n) is 11.6. The normalized spacial score (nSPS) is 13.3. The van der Waals surface area contributed by atoms with Gasteiger partial charge in [-0.05, 0) is 64.1 Å². The van der Waals surface area contributed by atoms with Crippen LogP contribution in [0, 0.1) is 37.0 Å². The maximum atomic E-state index is 13.5. The number of hydrogen-bond acceptors (Lipinski definition) is 4. The number of benzene rings is 2. The van der Waals surface area contributed by atoms with Crippen LogP contribution in [0.15, 0.2) is 36.4 Å². The third-order valence-electron chi connectivity index (χ3n) is 6.46. The number of anilines is 2. The molecule has 0 spiro atoms. The van der Waals surface area contributed by atoms with Crippen molar-refractivity contribution in [1.82, 2.24) is 4.90 Å². The molecule has 0 heterocycles. The molecular weight excluding hydrogens is 469 g/mol. The second-order valence-corrected chi connectivity index (χ2v) is 9.46. The third-order valence-corrected chi connectivity index (χ3v) is 6.46. The van der Waals surface area contributed by atoms with Crippen LogP contribution in [0.3, 0.4) is 0 Å². The minimum absolute atomic E-state index is 0.0673. The monoisotopic (exact) mass is 502 g/mol. The quantitative estimate of drug-likeness (QED) is 0.525. The number of hydrogen-bond donors (Lipinski definition) is 1. The van der Waals surface area contributed by atoms with Crippen LogP contribution in [0.4, 0.5) is 24.5 Å². The summed E-state index contributed by atoms with van der Waals surface area (Å²) in [4.78, 5) is 30.4. The Labute approximate surface area is 210 Å². The molecule has 0 aliphatic carbocycles. The molecule has 0 aromatic heterocycles. The summed E-state index contributed by atoms with van der Waals surface area (Å²) in [7, 11) is 3.47. The molecule has 0 saturated heterocycles. The van der Waals surface area contributed by atoms with Crippen molar-refractivity contribution in [2.75, 3.05) is 30.9 Å². The predicted molar refractivity (Wildman–Crippen MR) is 135 cm³/mol. The van der Waals surface area contributed by atoms with E-state index in [1.54, 1.807) is 20.0 Å². The molecule has 2 atom stereocenters. The van der Waals surface area contributed by atoms with E-state index >= 15 is 0 Å². The average molecular weight is 503 g/mol. The van der Waals surface area contributed by atoms with Crippen molar-refractivity contribution >= 4 is 23.2 Å². The van der Waals surface area contributed by atoms with Crippen molar-refractivity contribution in [1.29, 1.82) is 5.26 Å². The molecule has 1 N–H and O–H groups in total. The molecular formula is C27H33F3N4O2. The van der Waals surface area contributed by atoms with E-state index < -0.39 is 29.5 Å². The number of alkyl halides is 3. The molecule has 2 unspecified atom stereocenters. The summed E-state index contributed by atoms with van der Waals surface area (Å²) in [6.07, 6.45) is -4.68. The zero-order valence-electron chi connectivity index (χ0n) is 21.7. The summed E-state index contributed by atoms with van der Waals surface area (Å²) in [6, 6.07) is 10.2. The first-order chi connectivity index (χ1) is 16.7. The number of para-hydroxylation sites is 1. The molecule has 2 aromatic rings. The number of rotatable bonds is 8. The van der Waals surface area contributed by atoms with Crippen molar-refractivity contribution in [3.63, 3.8) is 0 Å². The van der Waals surface area contributed by atoms with Gasteiger partial charge in [-0.2, -0.15) is 18.4 Å². The van der Waals surface area contributed by atoms with E-state index in [9.17, 15) is 22.8 Å². The Balaban J connectivity index is 2.42. The first-order valence-corrected chi connectivity index (χ1v) is 11.6. The van der Waals surface area contributed by atoms with Gasteiger partial charge in [-0.1, -0.05) is 25.1 Å². The Morgan fingerprint density at radius 3 is 2.14 bits per heavy atom. The summed E-state index contributed by atoms with van der Waals surface area (Å²) < 4.78 is 39.9. The standard InChI is InChI=1S/C27H33F3N4O2/c1-16(2)33(6)15-23(19(5)26(36)34(7)24-17(3)9-8-10-18(24)4)25(35)32-22-12-20(14-31)11-21(13-22)27(28,29)30/h8-13,16,19,23H,15H2,1-7H3,(H,32,35). The lowest BCUT2D eigenvalue weighted by molar-refractivity contribution is -0.137. The van der Waals surface area contributed by atoms with Gasteiger partial charge in [0.25, 0.3) is 0 Å². The van der Waals surface area contributed by atoms with E-state index in [0.29, 0.717) is 0 Å². The second-order valence-electron chi connectivity index (χ2n) is 9.46. The molecule has 0 fully saturated rings. The summed E-state index contributed by atoms with van der Waals surface area (Å²) in [6.45, 7) is 9.53. The van der Waals surface area contributed by atoms with Crippen LogP contribution in [-0.4, -0.2) is 43.4 Å². The topological polar surface area (TPSA) is 76.4 Å². The van der Waals surface area contributed by atoms with Gasteiger partial charge in [0.2, 0.25) is 11.8 Å². The highest BCUT2D eigenvalue weighted by Crippen LogP contribution is 2.32. The minimum Gasteiger partial charge on any atom is -0.326 e. The van der Waals surface area contributed by atoms with E-state index in [1.807, 2.05) is 57.8 Å². The van der Waals surface area contributed by atoms with Crippen molar-refractivity contribution in [2.24, 2.45) is 11.8 Å². The number of nitrogens with one attached hydrogen (secondary N) is 1. The van der Waals surface area contributed by atoms with E-state index in [1.165, 1.54) is 11.0 Å². The molecule has 2 aromatic carbocycles. The minimum atomic E-state index is -4.68. The lowest BCUT2D eigenvalue weighted by Gasteiger charge is -2.32. The van der Waals surface area contributed by atoms with E-state index in [2.05, 4.69) is 5.32 Å². The van der Waals surface area contributed by atoms with Crippen LogP contribution in [0.5, 0.6) is 0 Å².